The lowest BCUT2D eigenvalue weighted by atomic mass is 9.95. The molecule has 1 N–H and O–H groups in total. The van der Waals surface area contributed by atoms with Crippen molar-refractivity contribution in [3.63, 3.8) is 0 Å². The van der Waals surface area contributed by atoms with Crippen LogP contribution in [0.15, 0.2) is 48.5 Å². The monoisotopic (exact) mass is 394 g/mol. The van der Waals surface area contributed by atoms with Crippen LogP contribution in [0.2, 0.25) is 0 Å². The van der Waals surface area contributed by atoms with Crippen LogP contribution in [0.4, 0.5) is 5.69 Å². The zero-order chi connectivity index (χ0) is 20.8. The van der Waals surface area contributed by atoms with Crippen LogP contribution in [-0.4, -0.2) is 36.9 Å². The zero-order valence-electron chi connectivity index (χ0n) is 17.5. The number of hydrogen-bond donors (Lipinski definition) is 1. The van der Waals surface area contributed by atoms with Gasteiger partial charge in [-0.1, -0.05) is 44.2 Å². The first-order valence-electron chi connectivity index (χ1n) is 10.3. The molecule has 1 aliphatic rings. The lowest BCUT2D eigenvalue weighted by molar-refractivity contribution is -0.137. The molecule has 2 aromatic rings. The Balaban J connectivity index is 1.63. The van der Waals surface area contributed by atoms with Crippen molar-refractivity contribution >= 4 is 17.5 Å². The van der Waals surface area contributed by atoms with Crippen molar-refractivity contribution in [3.8, 4) is 5.75 Å². The standard InChI is InChI=1S/C24H30N2O3/c1-17(2)24(28)26-13-11-19(12-14-26)23(27)25-21-9-10-22(29-3)20(16-21)15-18-7-5-4-6-8-18/h4-10,16-17,19H,11-15H2,1-3H3,(H,25,27). The summed E-state index contributed by atoms with van der Waals surface area (Å²) in [5, 5.41) is 3.06. The molecule has 0 saturated carbocycles. The van der Waals surface area contributed by atoms with Crippen molar-refractivity contribution in [2.45, 2.75) is 33.1 Å². The van der Waals surface area contributed by atoms with Gasteiger partial charge >= 0.3 is 0 Å². The highest BCUT2D eigenvalue weighted by Gasteiger charge is 2.28. The van der Waals surface area contributed by atoms with Crippen molar-refractivity contribution in [3.05, 3.63) is 59.7 Å². The van der Waals surface area contributed by atoms with Crippen LogP contribution in [0.3, 0.4) is 0 Å². The Hall–Kier alpha value is -2.82. The number of hydrogen-bond acceptors (Lipinski definition) is 3. The van der Waals surface area contributed by atoms with E-state index in [-0.39, 0.29) is 23.7 Å². The minimum Gasteiger partial charge on any atom is -0.496 e. The van der Waals surface area contributed by atoms with Crippen LogP contribution in [0.1, 0.15) is 37.8 Å². The van der Waals surface area contributed by atoms with E-state index in [4.69, 9.17) is 4.74 Å². The molecule has 5 heteroatoms. The Labute approximate surface area is 173 Å². The van der Waals surface area contributed by atoms with E-state index in [1.54, 1.807) is 7.11 Å². The van der Waals surface area contributed by atoms with Gasteiger partial charge in [0.25, 0.3) is 0 Å². The number of likely N-dealkylation sites (tertiary alicyclic amines) is 1. The first-order valence-corrected chi connectivity index (χ1v) is 10.3. The van der Waals surface area contributed by atoms with E-state index in [9.17, 15) is 9.59 Å². The molecule has 1 aliphatic heterocycles. The SMILES string of the molecule is COc1ccc(NC(=O)C2CCN(C(=O)C(C)C)CC2)cc1Cc1ccccc1. The van der Waals surface area contributed by atoms with Gasteiger partial charge in [0.15, 0.2) is 0 Å². The highest BCUT2D eigenvalue weighted by molar-refractivity contribution is 5.93. The fourth-order valence-electron chi connectivity index (χ4n) is 3.78. The molecular formula is C24H30N2O3. The average Bonchev–Trinajstić information content (AvgIpc) is 2.74. The summed E-state index contributed by atoms with van der Waals surface area (Å²) in [4.78, 5) is 26.8. The van der Waals surface area contributed by atoms with Crippen molar-refractivity contribution in [1.29, 1.82) is 0 Å². The van der Waals surface area contributed by atoms with E-state index < -0.39 is 0 Å². The first kappa shape index (κ1) is 20.9. The number of rotatable bonds is 6. The van der Waals surface area contributed by atoms with Crippen LogP contribution in [0.25, 0.3) is 0 Å². The summed E-state index contributed by atoms with van der Waals surface area (Å²) in [5.41, 5.74) is 3.01. The normalized spacial score (nSPS) is 14.7. The summed E-state index contributed by atoms with van der Waals surface area (Å²) in [6.45, 7) is 5.13. The maximum absolute atomic E-state index is 12.8. The molecule has 2 amide bonds. The molecule has 2 aromatic carbocycles. The maximum Gasteiger partial charge on any atom is 0.227 e. The number of anilines is 1. The van der Waals surface area contributed by atoms with Crippen LogP contribution >= 0.6 is 0 Å². The van der Waals surface area contributed by atoms with Gasteiger partial charge < -0.3 is 15.0 Å². The van der Waals surface area contributed by atoms with Crippen LogP contribution in [-0.2, 0) is 16.0 Å². The summed E-state index contributed by atoms with van der Waals surface area (Å²) >= 11 is 0. The summed E-state index contributed by atoms with van der Waals surface area (Å²) in [6, 6.07) is 16.0. The number of amides is 2. The Morgan fingerprint density at radius 2 is 1.79 bits per heavy atom. The molecule has 154 valence electrons. The summed E-state index contributed by atoms with van der Waals surface area (Å²) in [7, 11) is 1.66. The van der Waals surface area contributed by atoms with E-state index in [2.05, 4.69) is 17.4 Å². The Morgan fingerprint density at radius 3 is 2.41 bits per heavy atom. The number of ether oxygens (including phenoxy) is 1. The van der Waals surface area contributed by atoms with E-state index in [0.29, 0.717) is 25.9 Å². The van der Waals surface area contributed by atoms with Crippen LogP contribution in [0, 0.1) is 11.8 Å². The van der Waals surface area contributed by atoms with Gasteiger partial charge in [-0.2, -0.15) is 0 Å². The van der Waals surface area contributed by atoms with Gasteiger partial charge in [0.05, 0.1) is 7.11 Å². The second kappa shape index (κ2) is 9.59. The highest BCUT2D eigenvalue weighted by atomic mass is 16.5. The van der Waals surface area contributed by atoms with Gasteiger partial charge in [-0.25, -0.2) is 0 Å². The van der Waals surface area contributed by atoms with Crippen LogP contribution < -0.4 is 10.1 Å². The van der Waals surface area contributed by atoms with Crippen molar-refractivity contribution in [1.82, 2.24) is 4.90 Å². The molecule has 0 radical (unpaired) electrons. The van der Waals surface area contributed by atoms with E-state index in [1.165, 1.54) is 5.56 Å². The van der Waals surface area contributed by atoms with Crippen molar-refractivity contribution in [2.24, 2.45) is 11.8 Å². The van der Waals surface area contributed by atoms with Gasteiger partial charge in [-0.3, -0.25) is 9.59 Å². The quantitative estimate of drug-likeness (QED) is 0.802. The van der Waals surface area contributed by atoms with E-state index >= 15 is 0 Å². The zero-order valence-corrected chi connectivity index (χ0v) is 17.5. The molecule has 3 rings (SSSR count). The van der Waals surface area contributed by atoms with Crippen molar-refractivity contribution < 1.29 is 14.3 Å². The first-order chi connectivity index (χ1) is 14.0. The molecule has 0 aliphatic carbocycles. The predicted octanol–water partition coefficient (Wildman–Crippen LogP) is 4.12. The van der Waals surface area contributed by atoms with Gasteiger partial charge in [-0.15, -0.1) is 0 Å². The van der Waals surface area contributed by atoms with Crippen molar-refractivity contribution in [2.75, 3.05) is 25.5 Å². The lowest BCUT2D eigenvalue weighted by Gasteiger charge is -2.32. The molecule has 29 heavy (non-hydrogen) atoms. The second-order valence-electron chi connectivity index (χ2n) is 7.93. The minimum absolute atomic E-state index is 0.00251. The third-order valence-electron chi connectivity index (χ3n) is 5.46. The largest absolute Gasteiger partial charge is 0.496 e. The molecule has 0 bridgehead atoms. The third kappa shape index (κ3) is 5.37. The fourth-order valence-corrected chi connectivity index (χ4v) is 3.78. The molecule has 0 atom stereocenters. The molecule has 1 saturated heterocycles. The molecule has 0 aromatic heterocycles. The lowest BCUT2D eigenvalue weighted by Crippen LogP contribution is -2.43. The molecule has 0 spiro atoms. The Bertz CT molecular complexity index is 840. The maximum atomic E-state index is 12.8. The van der Waals surface area contributed by atoms with Gasteiger partial charge in [0.2, 0.25) is 11.8 Å². The number of nitrogens with one attached hydrogen (secondary N) is 1. The minimum atomic E-state index is -0.0640. The van der Waals surface area contributed by atoms with Gasteiger partial charge in [-0.05, 0) is 36.6 Å². The number of piperidine rings is 1. The fraction of sp³-hybridized carbons (Fsp3) is 0.417. The summed E-state index contributed by atoms with van der Waals surface area (Å²) < 4.78 is 5.50. The van der Waals surface area contributed by atoms with Gasteiger partial charge in [0.1, 0.15) is 5.75 Å². The molecular weight excluding hydrogens is 364 g/mol. The second-order valence-corrected chi connectivity index (χ2v) is 7.93. The topological polar surface area (TPSA) is 58.6 Å². The Morgan fingerprint density at radius 1 is 1.10 bits per heavy atom. The molecule has 5 nitrogen and oxygen atoms in total. The molecule has 0 unspecified atom stereocenters. The highest BCUT2D eigenvalue weighted by Crippen LogP contribution is 2.27. The molecule has 1 fully saturated rings. The smallest absolute Gasteiger partial charge is 0.227 e. The third-order valence-corrected chi connectivity index (χ3v) is 5.46. The number of methoxy groups -OCH3 is 1. The van der Waals surface area contributed by atoms with Crippen LogP contribution in [0.5, 0.6) is 5.75 Å². The average molecular weight is 395 g/mol. The number of carbonyl (C=O) groups excluding carboxylic acids is 2. The molecule has 1 heterocycles. The van der Waals surface area contributed by atoms with E-state index in [0.717, 1.165) is 23.4 Å². The van der Waals surface area contributed by atoms with E-state index in [1.807, 2.05) is 55.1 Å². The summed E-state index contributed by atoms with van der Waals surface area (Å²) in [5.74, 6) is 0.947. The number of carbonyl (C=O) groups is 2. The Kier molecular flexibility index (Phi) is 6.91. The summed E-state index contributed by atoms with van der Waals surface area (Å²) in [6.07, 6.45) is 2.15. The number of nitrogens with zero attached hydrogens (tertiary/aromatic N) is 1. The van der Waals surface area contributed by atoms with Gasteiger partial charge in [0, 0.05) is 42.6 Å². The predicted molar refractivity (Wildman–Crippen MR) is 115 cm³/mol. The number of benzene rings is 2.